The van der Waals surface area contributed by atoms with Gasteiger partial charge in [-0.3, -0.25) is 0 Å². The first kappa shape index (κ1) is 56.5. The van der Waals surface area contributed by atoms with Crippen molar-refractivity contribution in [2.24, 2.45) is 0 Å². The highest BCUT2D eigenvalue weighted by Crippen LogP contribution is 2.80. The van der Waals surface area contributed by atoms with Gasteiger partial charge in [-0.25, -0.2) is 25.3 Å². The summed E-state index contributed by atoms with van der Waals surface area (Å²) < 4.78 is 463. The molecule has 0 saturated carbocycles. The van der Waals surface area contributed by atoms with Crippen molar-refractivity contribution in [1.82, 2.24) is 0 Å². The van der Waals surface area contributed by atoms with Gasteiger partial charge in [0.1, 0.15) is 5.75 Å². The van der Waals surface area contributed by atoms with Crippen molar-refractivity contribution in [2.75, 3.05) is 11.5 Å². The van der Waals surface area contributed by atoms with E-state index in [1.165, 1.54) is 0 Å². The zero-order valence-corrected chi connectivity index (χ0v) is 32.5. The summed E-state index contributed by atoms with van der Waals surface area (Å²) in [7, 11) is -41.1. The number of benzene rings is 1. The van der Waals surface area contributed by atoms with Gasteiger partial charge in [-0.1, -0.05) is 0 Å². The average molecular weight is 1070 g/mol. The van der Waals surface area contributed by atoms with Gasteiger partial charge in [-0.2, -0.15) is 129 Å². The Bertz CT molecular complexity index is 2070. The minimum absolute atomic E-state index is 0.249. The van der Waals surface area contributed by atoms with E-state index in [0.29, 0.717) is 0 Å². The first-order valence-corrected chi connectivity index (χ1v) is 21.4. The van der Waals surface area contributed by atoms with E-state index in [0.717, 1.165) is 0 Å². The fourth-order valence-corrected chi connectivity index (χ4v) is 25.4. The van der Waals surface area contributed by atoms with Crippen LogP contribution in [0.2, 0.25) is 0 Å². The van der Waals surface area contributed by atoms with Crippen LogP contribution >= 0.6 is 10.0 Å². The van der Waals surface area contributed by atoms with Crippen LogP contribution in [0.3, 0.4) is 0 Å². The third kappa shape index (κ3) is 6.57. The summed E-state index contributed by atoms with van der Waals surface area (Å²) in [6.07, 6.45) is -29.3. The zero-order valence-electron chi connectivity index (χ0n) is 29.2. The number of hydrogen-bond donors (Lipinski definition) is 1. The van der Waals surface area contributed by atoms with Crippen LogP contribution in [-0.2, 0) is 29.5 Å². The molecule has 0 bridgehead atoms. The number of sulfone groups is 3. The molecule has 1 heterocycles. The molecule has 0 amide bonds. The van der Waals surface area contributed by atoms with Crippen molar-refractivity contribution in [1.29, 1.82) is 0 Å². The number of hydrogen-bond acceptors (Lipinski definition) is 7. The molecule has 0 atom stereocenters. The highest BCUT2D eigenvalue weighted by Gasteiger charge is 2.99. The molecule has 1 aliphatic rings. The van der Waals surface area contributed by atoms with Gasteiger partial charge in [0.15, 0.2) is 0 Å². The van der Waals surface area contributed by atoms with Gasteiger partial charge in [-0.05, 0) is 66.3 Å². The van der Waals surface area contributed by atoms with Crippen molar-refractivity contribution in [3.8, 4) is 5.75 Å². The molecule has 0 spiro atoms. The van der Waals surface area contributed by atoms with Gasteiger partial charge in [0, 0.05) is 0 Å². The second-order valence-corrected chi connectivity index (χ2v) is 24.5. The average Bonchev–Trinajstić information content (AvgIpc) is 3.55. The molecule has 1 N–H and O–H groups in total. The second kappa shape index (κ2) is 14.7. The van der Waals surface area contributed by atoms with Gasteiger partial charge in [-0.15, -0.1) is 0 Å². The van der Waals surface area contributed by atoms with Crippen molar-refractivity contribution < 1.29 is 149 Å². The first-order chi connectivity index (χ1) is 27.0. The summed E-state index contributed by atoms with van der Waals surface area (Å²) in [6.45, 7) is 0.498. The lowest BCUT2D eigenvalue weighted by Crippen LogP contribution is -2.77. The molecular formula is C25H17F27O7S4. The highest BCUT2D eigenvalue weighted by molar-refractivity contribution is 8.56. The van der Waals surface area contributed by atoms with E-state index < -0.39 is 170 Å². The standard InChI is InChI=1S/C25H17F27O7S4/c1-9-7-11(8-10(2)12(9)53)60(5-3-4-6-60)25(61(54,55)22(47,48)16(32,33)13(26,27)19(38,39)40,62(56,57)23(49,50)17(34,35)14(28,29)20(41,42)43)63(58,59)24(51,52)18(36,37)15(30,31)21(44,45)46/h7-8,53H,3-6H2,1-2H3. The fourth-order valence-electron chi connectivity index (χ4n) is 5.69. The van der Waals surface area contributed by atoms with Crippen molar-refractivity contribution in [3.05, 3.63) is 23.3 Å². The minimum atomic E-state index is -11.2. The fraction of sp³-hybridized carbons (Fsp3) is 0.760. The van der Waals surface area contributed by atoms with Crippen molar-refractivity contribution >= 4 is 39.5 Å². The Morgan fingerprint density at radius 2 is 0.619 bits per heavy atom. The van der Waals surface area contributed by atoms with Crippen molar-refractivity contribution in [2.45, 2.75) is 104 Å². The summed E-state index contributed by atoms with van der Waals surface area (Å²) in [5, 5.41) is -19.2. The van der Waals surface area contributed by atoms with Crippen LogP contribution in [0, 0.1) is 13.8 Å². The van der Waals surface area contributed by atoms with Gasteiger partial charge in [0.25, 0.3) is 29.5 Å². The van der Waals surface area contributed by atoms with Crippen LogP contribution in [0.1, 0.15) is 24.0 Å². The molecular weight excluding hydrogens is 1050 g/mol. The topological polar surface area (TPSA) is 123 Å². The number of aryl methyl sites for hydroxylation is 2. The molecule has 1 saturated heterocycles. The Balaban J connectivity index is 4.01. The summed E-state index contributed by atoms with van der Waals surface area (Å²) in [5.74, 6) is -63.1. The SMILES string of the molecule is Cc1cc(S2(C(S(=O)(=O)C(F)(F)C(F)(F)C(F)(F)C(F)(F)F)(S(=O)(=O)C(F)(F)C(F)(F)C(F)(F)C(F)(F)F)S(=O)(=O)C(F)(F)C(F)(F)C(F)(F)C(F)(F)F)CCCC2)cc(C)c1O. The Hall–Kier alpha value is -2.67. The van der Waals surface area contributed by atoms with E-state index in [4.69, 9.17) is 0 Å². The normalized spacial score (nSPS) is 18.7. The van der Waals surface area contributed by atoms with Crippen molar-refractivity contribution in [3.63, 3.8) is 0 Å². The van der Waals surface area contributed by atoms with E-state index in [9.17, 15) is 96.2 Å². The molecule has 0 aliphatic carbocycles. The summed E-state index contributed by atoms with van der Waals surface area (Å²) >= 11 is 0. The Morgan fingerprint density at radius 1 is 0.413 bits per heavy atom. The summed E-state index contributed by atoms with van der Waals surface area (Å²) in [6, 6.07) is -1.14. The number of halogens is 27. The van der Waals surface area contributed by atoms with Crippen LogP contribution in [0.15, 0.2) is 17.0 Å². The monoisotopic (exact) mass is 1070 g/mol. The van der Waals surface area contributed by atoms with E-state index in [1.54, 1.807) is 0 Å². The van der Waals surface area contributed by atoms with Crippen LogP contribution in [0.25, 0.3) is 0 Å². The number of alkyl halides is 27. The molecule has 0 unspecified atom stereocenters. The lowest BCUT2D eigenvalue weighted by Gasteiger charge is -2.54. The quantitative estimate of drug-likeness (QED) is 0.184. The lowest BCUT2D eigenvalue weighted by molar-refractivity contribution is -0.382. The lowest BCUT2D eigenvalue weighted by atomic mass is 10.1. The highest BCUT2D eigenvalue weighted by atomic mass is 32.4. The summed E-state index contributed by atoms with van der Waals surface area (Å²) in [5.41, 5.74) is -2.74. The second-order valence-electron chi connectivity index (χ2n) is 12.9. The maximum absolute atomic E-state index is 15.9. The first-order valence-electron chi connectivity index (χ1n) is 14.9. The van der Waals surface area contributed by atoms with E-state index >= 15 is 52.7 Å². The van der Waals surface area contributed by atoms with Gasteiger partial charge < -0.3 is 5.11 Å². The number of phenolic OH excluding ortho intramolecular Hbond substituents is 1. The third-order valence-electron chi connectivity index (χ3n) is 8.98. The molecule has 38 heteroatoms. The molecule has 0 aromatic heterocycles. The predicted molar refractivity (Wildman–Crippen MR) is 155 cm³/mol. The molecule has 2 rings (SSSR count). The van der Waals surface area contributed by atoms with E-state index in [-0.39, 0.29) is 13.8 Å². The third-order valence-corrected chi connectivity index (χ3v) is 26.6. The number of aromatic hydroxyl groups is 1. The predicted octanol–water partition coefficient (Wildman–Crippen LogP) is 10.1. The molecule has 1 aliphatic heterocycles. The van der Waals surface area contributed by atoms with Crippen LogP contribution in [-0.4, -0.2) is 114 Å². The Morgan fingerprint density at radius 3 is 0.810 bits per heavy atom. The van der Waals surface area contributed by atoms with E-state index in [2.05, 4.69) is 0 Å². The molecule has 372 valence electrons. The Labute approximate surface area is 333 Å². The zero-order chi connectivity index (χ0) is 51.1. The largest absolute Gasteiger partial charge is 0.507 e. The number of rotatable bonds is 14. The molecule has 1 aromatic rings. The Kier molecular flexibility index (Phi) is 13.1. The van der Waals surface area contributed by atoms with E-state index in [1.807, 2.05) is 0 Å². The molecule has 7 nitrogen and oxygen atoms in total. The smallest absolute Gasteiger partial charge is 0.460 e. The minimum Gasteiger partial charge on any atom is -0.507 e. The van der Waals surface area contributed by atoms with Gasteiger partial charge >= 0.3 is 72.6 Å². The molecule has 0 radical (unpaired) electrons. The number of phenols is 1. The summed E-state index contributed by atoms with van der Waals surface area (Å²) in [4.78, 5) is -2.56. The van der Waals surface area contributed by atoms with Crippen LogP contribution < -0.4 is 0 Å². The van der Waals surface area contributed by atoms with Gasteiger partial charge in [0.2, 0.25) is 0 Å². The maximum Gasteiger partial charge on any atom is 0.460 e. The van der Waals surface area contributed by atoms with Gasteiger partial charge in [0.05, 0.1) is 0 Å². The maximum atomic E-state index is 15.9. The molecule has 63 heavy (non-hydrogen) atoms. The van der Waals surface area contributed by atoms with Crippen LogP contribution in [0.4, 0.5) is 119 Å². The van der Waals surface area contributed by atoms with Crippen LogP contribution in [0.5, 0.6) is 5.75 Å². The molecule has 1 fully saturated rings. The molecule has 1 aromatic carbocycles.